The number of anilines is 1. The fourth-order valence-electron chi connectivity index (χ4n) is 2.48. The average Bonchev–Trinajstić information content (AvgIpc) is 2.82. The minimum absolute atomic E-state index is 0.165. The van der Waals surface area contributed by atoms with Gasteiger partial charge in [0, 0.05) is 5.02 Å². The Balaban J connectivity index is 1.67. The van der Waals surface area contributed by atoms with Crippen molar-refractivity contribution in [3.05, 3.63) is 74.5 Å². The SMILES string of the molecule is COC(=O)c1ccc(Oc2ncnc(NNC(=O)COc3ccc(Cl)cc3Cl)c2[N+](=O)[O-])cc1. The van der Waals surface area contributed by atoms with E-state index in [1.807, 2.05) is 0 Å². The van der Waals surface area contributed by atoms with Gasteiger partial charge in [0.15, 0.2) is 6.61 Å². The summed E-state index contributed by atoms with van der Waals surface area (Å²) in [6.45, 7) is -0.455. The van der Waals surface area contributed by atoms with E-state index in [0.717, 1.165) is 6.33 Å². The molecule has 0 aliphatic heterocycles. The minimum Gasteiger partial charge on any atom is -0.482 e. The Hall–Kier alpha value is -4.16. The first-order valence-corrected chi connectivity index (χ1v) is 10.0. The molecule has 2 aromatic carbocycles. The van der Waals surface area contributed by atoms with E-state index in [0.29, 0.717) is 5.02 Å². The van der Waals surface area contributed by atoms with Crippen molar-refractivity contribution in [1.29, 1.82) is 0 Å². The molecular formula is C20H15Cl2N5O7. The number of nitrogens with one attached hydrogen (secondary N) is 2. The highest BCUT2D eigenvalue weighted by Gasteiger charge is 2.25. The third-order valence-electron chi connectivity index (χ3n) is 4.03. The Morgan fingerprint density at radius 1 is 1.12 bits per heavy atom. The quantitative estimate of drug-likeness (QED) is 0.248. The lowest BCUT2D eigenvalue weighted by Crippen LogP contribution is -2.34. The number of hydrogen-bond acceptors (Lipinski definition) is 10. The van der Waals surface area contributed by atoms with Crippen LogP contribution in [0.2, 0.25) is 10.0 Å². The third-order valence-corrected chi connectivity index (χ3v) is 4.56. The molecule has 176 valence electrons. The van der Waals surface area contributed by atoms with E-state index in [-0.39, 0.29) is 27.9 Å². The summed E-state index contributed by atoms with van der Waals surface area (Å²) in [5, 5.41) is 12.2. The molecule has 0 fully saturated rings. The number of nitrogens with zero attached hydrogens (tertiary/aromatic N) is 3. The number of hydrazine groups is 1. The van der Waals surface area contributed by atoms with Crippen LogP contribution in [0.25, 0.3) is 0 Å². The number of esters is 1. The first kappa shape index (κ1) is 24.5. The van der Waals surface area contributed by atoms with Crippen molar-refractivity contribution in [2.45, 2.75) is 0 Å². The van der Waals surface area contributed by atoms with E-state index in [1.54, 1.807) is 0 Å². The molecule has 3 aromatic rings. The van der Waals surface area contributed by atoms with Crippen LogP contribution in [0, 0.1) is 10.1 Å². The smallest absolute Gasteiger partial charge is 0.374 e. The molecular weight excluding hydrogens is 493 g/mol. The van der Waals surface area contributed by atoms with Crippen LogP contribution in [0.4, 0.5) is 11.5 Å². The van der Waals surface area contributed by atoms with Crippen LogP contribution in [0.3, 0.4) is 0 Å². The minimum atomic E-state index is -0.781. The van der Waals surface area contributed by atoms with Crippen LogP contribution in [-0.2, 0) is 9.53 Å². The Bertz CT molecular complexity index is 1220. The van der Waals surface area contributed by atoms with Gasteiger partial charge >= 0.3 is 17.5 Å². The van der Waals surface area contributed by atoms with E-state index < -0.39 is 35.0 Å². The zero-order chi connectivity index (χ0) is 24.7. The number of rotatable bonds is 9. The Morgan fingerprint density at radius 3 is 2.50 bits per heavy atom. The zero-order valence-corrected chi connectivity index (χ0v) is 18.8. The van der Waals surface area contributed by atoms with Crippen LogP contribution in [0.5, 0.6) is 17.4 Å². The van der Waals surface area contributed by atoms with E-state index >= 15 is 0 Å². The molecule has 1 heterocycles. The molecule has 3 rings (SSSR count). The van der Waals surface area contributed by atoms with Gasteiger partial charge in [-0.1, -0.05) is 23.2 Å². The Labute approximate surface area is 201 Å². The molecule has 0 radical (unpaired) electrons. The molecule has 0 atom stereocenters. The van der Waals surface area contributed by atoms with Crippen molar-refractivity contribution in [3.63, 3.8) is 0 Å². The first-order valence-electron chi connectivity index (χ1n) is 9.26. The summed E-state index contributed by atoms with van der Waals surface area (Å²) >= 11 is 11.8. The van der Waals surface area contributed by atoms with Gasteiger partial charge in [-0.15, -0.1) is 0 Å². The van der Waals surface area contributed by atoms with Crippen molar-refractivity contribution in [3.8, 4) is 17.4 Å². The van der Waals surface area contributed by atoms with Gasteiger partial charge in [0.25, 0.3) is 5.91 Å². The van der Waals surface area contributed by atoms with Gasteiger partial charge in [0.2, 0.25) is 5.82 Å². The molecule has 0 bridgehead atoms. The van der Waals surface area contributed by atoms with Crippen LogP contribution in [0.1, 0.15) is 10.4 Å². The van der Waals surface area contributed by atoms with Crippen LogP contribution >= 0.6 is 23.2 Å². The lowest BCUT2D eigenvalue weighted by Gasteiger charge is -2.11. The van der Waals surface area contributed by atoms with Crippen molar-refractivity contribution in [2.75, 3.05) is 19.1 Å². The maximum atomic E-state index is 12.1. The second-order valence-electron chi connectivity index (χ2n) is 6.29. The summed E-state index contributed by atoms with van der Waals surface area (Å²) in [6.07, 6.45) is 1.00. The van der Waals surface area contributed by atoms with E-state index in [1.165, 1.54) is 49.6 Å². The Morgan fingerprint density at radius 2 is 1.85 bits per heavy atom. The van der Waals surface area contributed by atoms with Crippen LogP contribution < -0.4 is 20.3 Å². The van der Waals surface area contributed by atoms with Crippen LogP contribution in [-0.4, -0.2) is 40.5 Å². The van der Waals surface area contributed by atoms with Gasteiger partial charge in [0.05, 0.1) is 22.6 Å². The number of carbonyl (C=O) groups is 2. The number of methoxy groups -OCH3 is 1. The summed E-state index contributed by atoms with van der Waals surface area (Å²) < 4.78 is 15.4. The summed E-state index contributed by atoms with van der Waals surface area (Å²) in [5.41, 5.74) is 4.20. The van der Waals surface area contributed by atoms with Crippen molar-refractivity contribution in [1.82, 2.24) is 15.4 Å². The first-order chi connectivity index (χ1) is 16.3. The van der Waals surface area contributed by atoms with Gasteiger partial charge < -0.3 is 14.2 Å². The second kappa shape index (κ2) is 11.1. The van der Waals surface area contributed by atoms with Gasteiger partial charge in [-0.3, -0.25) is 25.8 Å². The standard InChI is InChI=1S/C20H15Cl2N5O7/c1-32-20(29)11-2-5-13(6-3-11)34-19-17(27(30)31)18(23-10-24-19)26-25-16(28)9-33-15-7-4-12(21)8-14(15)22/h2-8,10H,9H2,1H3,(H,25,28)(H,23,24,26). The lowest BCUT2D eigenvalue weighted by molar-refractivity contribution is -0.385. The molecule has 0 saturated carbocycles. The monoisotopic (exact) mass is 507 g/mol. The summed E-state index contributed by atoms with van der Waals surface area (Å²) in [5.74, 6) is -1.57. The van der Waals surface area contributed by atoms with Gasteiger partial charge in [-0.05, 0) is 42.5 Å². The molecule has 0 unspecified atom stereocenters. The molecule has 12 nitrogen and oxygen atoms in total. The molecule has 34 heavy (non-hydrogen) atoms. The second-order valence-corrected chi connectivity index (χ2v) is 7.13. The molecule has 0 aliphatic rings. The van der Waals surface area contributed by atoms with E-state index in [4.69, 9.17) is 32.7 Å². The van der Waals surface area contributed by atoms with Crippen molar-refractivity contribution < 1.29 is 28.7 Å². The van der Waals surface area contributed by atoms with Gasteiger partial charge in [-0.25, -0.2) is 9.78 Å². The highest BCUT2D eigenvalue weighted by Crippen LogP contribution is 2.33. The van der Waals surface area contributed by atoms with Crippen molar-refractivity contribution >= 4 is 46.6 Å². The molecule has 0 saturated heterocycles. The number of benzene rings is 2. The fraction of sp³-hybridized carbons (Fsp3) is 0.100. The maximum Gasteiger partial charge on any atom is 0.374 e. The highest BCUT2D eigenvalue weighted by atomic mass is 35.5. The number of hydrogen-bond donors (Lipinski definition) is 2. The number of carbonyl (C=O) groups excluding carboxylic acids is 2. The number of amides is 1. The summed E-state index contributed by atoms with van der Waals surface area (Å²) in [7, 11) is 1.24. The van der Waals surface area contributed by atoms with E-state index in [2.05, 4.69) is 25.6 Å². The van der Waals surface area contributed by atoms with Crippen LogP contribution in [0.15, 0.2) is 48.8 Å². The predicted molar refractivity (Wildman–Crippen MR) is 120 cm³/mol. The highest BCUT2D eigenvalue weighted by molar-refractivity contribution is 6.35. The van der Waals surface area contributed by atoms with E-state index in [9.17, 15) is 19.7 Å². The number of nitro groups is 1. The summed E-state index contributed by atoms with van der Waals surface area (Å²) in [6, 6.07) is 10.1. The molecule has 1 aromatic heterocycles. The Kier molecular flexibility index (Phi) is 8.01. The molecule has 2 N–H and O–H groups in total. The number of aromatic nitrogens is 2. The van der Waals surface area contributed by atoms with Gasteiger partial charge in [0.1, 0.15) is 17.8 Å². The molecule has 0 spiro atoms. The van der Waals surface area contributed by atoms with Gasteiger partial charge in [-0.2, -0.15) is 4.98 Å². The predicted octanol–water partition coefficient (Wildman–Crippen LogP) is 3.79. The normalized spacial score (nSPS) is 10.2. The molecule has 0 aliphatic carbocycles. The van der Waals surface area contributed by atoms with Crippen molar-refractivity contribution in [2.24, 2.45) is 0 Å². The zero-order valence-electron chi connectivity index (χ0n) is 17.3. The summed E-state index contributed by atoms with van der Waals surface area (Å²) in [4.78, 5) is 42.0. The number of ether oxygens (including phenoxy) is 3. The largest absolute Gasteiger partial charge is 0.482 e. The third kappa shape index (κ3) is 6.21. The topological polar surface area (TPSA) is 155 Å². The average molecular weight is 508 g/mol. The maximum absolute atomic E-state index is 12.1. The molecule has 1 amide bonds. The number of halogens is 2. The lowest BCUT2D eigenvalue weighted by atomic mass is 10.2. The fourth-order valence-corrected chi connectivity index (χ4v) is 2.95. The molecule has 14 heteroatoms.